The standard InChI is InChI=1S/C25H27N3O3/c1-2-22-21(16-26-23-14-7-6-13-20(23)25(30)31)24(29)28(27-22)19-12-8-11-18(15-19)17-9-4-3-5-10-17/h6-8,11-17,27H,2-5,9-10H2,1H3,(H,30,31). The fraction of sp³-hybridized carbons (Fsp3) is 0.320. The Morgan fingerprint density at radius 3 is 2.68 bits per heavy atom. The highest BCUT2D eigenvalue weighted by molar-refractivity contribution is 5.95. The molecule has 0 saturated heterocycles. The Morgan fingerprint density at radius 2 is 1.94 bits per heavy atom. The molecule has 2 aromatic carbocycles. The number of aromatic nitrogens is 2. The predicted octanol–water partition coefficient (Wildman–Crippen LogP) is 5.22. The van der Waals surface area contributed by atoms with Crippen molar-refractivity contribution in [1.29, 1.82) is 0 Å². The number of para-hydroxylation sites is 1. The van der Waals surface area contributed by atoms with Gasteiger partial charge in [-0.2, -0.15) is 0 Å². The molecule has 160 valence electrons. The summed E-state index contributed by atoms with van der Waals surface area (Å²) in [4.78, 5) is 29.0. The molecular formula is C25H27N3O3. The van der Waals surface area contributed by atoms with Gasteiger partial charge in [-0.1, -0.05) is 50.5 Å². The third-order valence-electron chi connectivity index (χ3n) is 6.03. The van der Waals surface area contributed by atoms with Gasteiger partial charge in [0, 0.05) is 11.9 Å². The maximum Gasteiger partial charge on any atom is 0.337 e. The van der Waals surface area contributed by atoms with Crippen LogP contribution in [-0.2, 0) is 6.42 Å². The highest BCUT2D eigenvalue weighted by Crippen LogP contribution is 2.33. The van der Waals surface area contributed by atoms with E-state index in [4.69, 9.17) is 0 Å². The molecule has 31 heavy (non-hydrogen) atoms. The van der Waals surface area contributed by atoms with E-state index in [1.807, 2.05) is 19.1 Å². The molecule has 3 aromatic rings. The molecular weight excluding hydrogens is 390 g/mol. The van der Waals surface area contributed by atoms with Crippen molar-refractivity contribution in [1.82, 2.24) is 9.78 Å². The Morgan fingerprint density at radius 1 is 1.16 bits per heavy atom. The number of aliphatic imine (C=N–C) groups is 1. The Bertz CT molecular complexity index is 1170. The second-order valence-electron chi connectivity index (χ2n) is 8.01. The fourth-order valence-electron chi connectivity index (χ4n) is 4.33. The summed E-state index contributed by atoms with van der Waals surface area (Å²) >= 11 is 0. The molecule has 1 aliphatic carbocycles. The molecule has 0 unspecified atom stereocenters. The van der Waals surface area contributed by atoms with Gasteiger partial charge in [0.05, 0.1) is 22.5 Å². The van der Waals surface area contributed by atoms with Crippen LogP contribution in [0.1, 0.15) is 72.1 Å². The fourth-order valence-corrected chi connectivity index (χ4v) is 4.33. The number of benzene rings is 2. The number of carbonyl (C=O) groups is 1. The number of nitrogens with one attached hydrogen (secondary N) is 1. The van der Waals surface area contributed by atoms with Crippen LogP contribution in [-0.4, -0.2) is 27.1 Å². The Labute approximate surface area is 181 Å². The van der Waals surface area contributed by atoms with Crippen molar-refractivity contribution >= 4 is 17.9 Å². The van der Waals surface area contributed by atoms with E-state index in [2.05, 4.69) is 22.2 Å². The van der Waals surface area contributed by atoms with Crippen LogP contribution in [0.4, 0.5) is 5.69 Å². The van der Waals surface area contributed by atoms with Crippen molar-refractivity contribution in [2.75, 3.05) is 0 Å². The summed E-state index contributed by atoms with van der Waals surface area (Å²) in [6.07, 6.45) is 8.33. The average molecular weight is 418 g/mol. The largest absolute Gasteiger partial charge is 0.478 e. The number of carboxylic acid groups (broad SMARTS) is 1. The molecule has 1 saturated carbocycles. The van der Waals surface area contributed by atoms with Crippen LogP contribution in [0.15, 0.2) is 58.3 Å². The molecule has 2 N–H and O–H groups in total. The molecule has 0 radical (unpaired) electrons. The number of aromatic amines is 1. The zero-order valence-corrected chi connectivity index (χ0v) is 17.7. The first-order valence-corrected chi connectivity index (χ1v) is 10.9. The summed E-state index contributed by atoms with van der Waals surface area (Å²) in [5.41, 5.74) is 3.55. The summed E-state index contributed by atoms with van der Waals surface area (Å²) in [5, 5.41) is 12.6. The average Bonchev–Trinajstić information content (AvgIpc) is 3.13. The maximum atomic E-state index is 13.2. The summed E-state index contributed by atoms with van der Waals surface area (Å²) in [5.74, 6) is -0.493. The molecule has 0 spiro atoms. The van der Waals surface area contributed by atoms with E-state index < -0.39 is 5.97 Å². The van der Waals surface area contributed by atoms with Crippen molar-refractivity contribution in [3.63, 3.8) is 0 Å². The first kappa shape index (κ1) is 20.8. The van der Waals surface area contributed by atoms with Crippen LogP contribution in [0.25, 0.3) is 5.69 Å². The number of H-pyrrole nitrogens is 1. The van der Waals surface area contributed by atoms with E-state index in [1.165, 1.54) is 49.9 Å². The molecule has 0 bridgehead atoms. The van der Waals surface area contributed by atoms with Gasteiger partial charge in [0.2, 0.25) is 0 Å². The van der Waals surface area contributed by atoms with Crippen molar-refractivity contribution in [3.05, 3.63) is 81.3 Å². The van der Waals surface area contributed by atoms with Crippen LogP contribution in [0.5, 0.6) is 0 Å². The van der Waals surface area contributed by atoms with Gasteiger partial charge in [-0.15, -0.1) is 0 Å². The number of hydrogen-bond donors (Lipinski definition) is 2. The Kier molecular flexibility index (Phi) is 6.16. The van der Waals surface area contributed by atoms with Gasteiger partial charge in [0.25, 0.3) is 5.56 Å². The first-order chi connectivity index (χ1) is 15.1. The van der Waals surface area contributed by atoms with Gasteiger partial charge in [-0.05, 0) is 55.0 Å². The van der Waals surface area contributed by atoms with Crippen molar-refractivity contribution in [2.24, 2.45) is 4.99 Å². The van der Waals surface area contributed by atoms with Gasteiger partial charge in [-0.25, -0.2) is 9.48 Å². The van der Waals surface area contributed by atoms with E-state index in [1.54, 1.807) is 22.9 Å². The van der Waals surface area contributed by atoms with Crippen LogP contribution in [0.3, 0.4) is 0 Å². The third kappa shape index (κ3) is 4.38. The molecule has 6 nitrogen and oxygen atoms in total. The quantitative estimate of drug-likeness (QED) is 0.539. The van der Waals surface area contributed by atoms with Crippen LogP contribution in [0, 0.1) is 0 Å². The summed E-state index contributed by atoms with van der Waals surface area (Å²) in [6, 6.07) is 14.7. The monoisotopic (exact) mass is 417 g/mol. The van der Waals surface area contributed by atoms with Crippen molar-refractivity contribution in [2.45, 2.75) is 51.4 Å². The second kappa shape index (κ2) is 9.16. The van der Waals surface area contributed by atoms with E-state index in [-0.39, 0.29) is 11.1 Å². The zero-order chi connectivity index (χ0) is 21.8. The van der Waals surface area contributed by atoms with Crippen LogP contribution in [0.2, 0.25) is 0 Å². The number of nitrogens with zero attached hydrogens (tertiary/aromatic N) is 2. The van der Waals surface area contributed by atoms with Gasteiger partial charge in [0.15, 0.2) is 0 Å². The van der Waals surface area contributed by atoms with E-state index in [0.29, 0.717) is 23.6 Å². The van der Waals surface area contributed by atoms with E-state index in [0.717, 1.165) is 11.4 Å². The maximum absolute atomic E-state index is 13.2. The van der Waals surface area contributed by atoms with E-state index in [9.17, 15) is 14.7 Å². The van der Waals surface area contributed by atoms with Crippen LogP contribution < -0.4 is 5.56 Å². The van der Waals surface area contributed by atoms with Crippen molar-refractivity contribution in [3.8, 4) is 5.69 Å². The minimum Gasteiger partial charge on any atom is -0.478 e. The first-order valence-electron chi connectivity index (χ1n) is 10.9. The number of aromatic carboxylic acids is 1. The smallest absolute Gasteiger partial charge is 0.337 e. The van der Waals surface area contributed by atoms with Gasteiger partial charge in [-0.3, -0.25) is 14.9 Å². The number of carboxylic acids is 1. The minimum absolute atomic E-state index is 0.104. The topological polar surface area (TPSA) is 87.5 Å². The van der Waals surface area contributed by atoms with E-state index >= 15 is 0 Å². The van der Waals surface area contributed by atoms with Gasteiger partial charge in [0.1, 0.15) is 0 Å². The molecule has 6 heteroatoms. The molecule has 1 aliphatic rings. The molecule has 0 atom stereocenters. The zero-order valence-electron chi connectivity index (χ0n) is 17.7. The lowest BCUT2D eigenvalue weighted by atomic mass is 9.84. The lowest BCUT2D eigenvalue weighted by Crippen LogP contribution is -2.17. The molecule has 1 heterocycles. The van der Waals surface area contributed by atoms with Gasteiger partial charge < -0.3 is 5.11 Å². The molecule has 1 aromatic heterocycles. The third-order valence-corrected chi connectivity index (χ3v) is 6.03. The van der Waals surface area contributed by atoms with Gasteiger partial charge >= 0.3 is 5.97 Å². The Balaban J connectivity index is 1.70. The highest BCUT2D eigenvalue weighted by atomic mass is 16.4. The predicted molar refractivity (Wildman–Crippen MR) is 122 cm³/mol. The molecule has 4 rings (SSSR count). The lowest BCUT2D eigenvalue weighted by Gasteiger charge is -2.22. The molecule has 1 fully saturated rings. The SMILES string of the molecule is CCc1[nH]n(-c2cccc(C3CCCCC3)c2)c(=O)c1C=Nc1ccccc1C(=O)O. The highest BCUT2D eigenvalue weighted by Gasteiger charge is 2.18. The number of hydrogen-bond acceptors (Lipinski definition) is 3. The van der Waals surface area contributed by atoms with Crippen LogP contribution >= 0.6 is 0 Å². The Hall–Kier alpha value is -3.41. The van der Waals surface area contributed by atoms with Crippen molar-refractivity contribution < 1.29 is 9.90 Å². The molecule has 0 amide bonds. The lowest BCUT2D eigenvalue weighted by molar-refractivity contribution is 0.0698. The summed E-state index contributed by atoms with van der Waals surface area (Å²) in [6.45, 7) is 1.97. The second-order valence-corrected chi connectivity index (χ2v) is 8.01. The summed E-state index contributed by atoms with van der Waals surface area (Å²) < 4.78 is 1.57. The molecule has 0 aliphatic heterocycles. The number of aryl methyl sites for hydroxylation is 1. The number of rotatable bonds is 6. The minimum atomic E-state index is -1.05. The summed E-state index contributed by atoms with van der Waals surface area (Å²) in [7, 11) is 0. The normalized spacial score (nSPS) is 14.9.